The minimum absolute atomic E-state index is 0.643. The van der Waals surface area contributed by atoms with Crippen molar-refractivity contribution in [2.75, 3.05) is 6.54 Å². The van der Waals surface area contributed by atoms with Crippen LogP contribution < -0.4 is 5.73 Å². The molecule has 1 heterocycles. The fraction of sp³-hybridized carbons (Fsp3) is 0.391. The van der Waals surface area contributed by atoms with Crippen LogP contribution in [0.2, 0.25) is 0 Å². The molecule has 1 fully saturated rings. The molecule has 0 radical (unpaired) electrons. The number of para-hydroxylation sites is 1. The smallest absolute Gasteiger partial charge is 0.0500 e. The molecule has 134 valence electrons. The number of rotatable bonds is 3. The summed E-state index contributed by atoms with van der Waals surface area (Å²) >= 11 is 0. The zero-order valence-electron chi connectivity index (χ0n) is 16.0. The van der Waals surface area contributed by atoms with E-state index in [0.29, 0.717) is 11.8 Å². The molecule has 1 aromatic heterocycles. The monoisotopic (exact) mass is 336 g/mol. The molecule has 0 saturated heterocycles. The van der Waals surface area contributed by atoms with Crippen molar-refractivity contribution in [2.45, 2.75) is 46.5 Å². The van der Waals surface area contributed by atoms with E-state index in [4.69, 9.17) is 5.73 Å². The standard InChI is InChI=1S/C19H20N2.2C2H6/c20-12-13-10-15(11-13)18-16-8-4-5-9-17(16)21-19(18)14-6-2-1-3-7-14;2*1-2/h1-9,13,15,21H,10-12,20H2;2*1-2H3. The molecular weight excluding hydrogens is 304 g/mol. The van der Waals surface area contributed by atoms with Crippen LogP contribution in [-0.4, -0.2) is 11.5 Å². The van der Waals surface area contributed by atoms with E-state index in [1.807, 2.05) is 27.7 Å². The quantitative estimate of drug-likeness (QED) is 0.575. The van der Waals surface area contributed by atoms with Gasteiger partial charge in [0.05, 0.1) is 0 Å². The van der Waals surface area contributed by atoms with Crippen LogP contribution in [0.15, 0.2) is 54.6 Å². The summed E-state index contributed by atoms with van der Waals surface area (Å²) in [6.07, 6.45) is 2.44. The molecule has 0 spiro atoms. The Hall–Kier alpha value is -2.06. The highest BCUT2D eigenvalue weighted by Gasteiger charge is 2.32. The van der Waals surface area contributed by atoms with Gasteiger partial charge in [0.2, 0.25) is 0 Å². The summed E-state index contributed by atoms with van der Waals surface area (Å²) in [4.78, 5) is 3.63. The number of nitrogens with one attached hydrogen (secondary N) is 1. The number of hydrogen-bond acceptors (Lipinski definition) is 1. The highest BCUT2D eigenvalue weighted by Crippen LogP contribution is 2.47. The number of fused-ring (bicyclic) bond motifs is 1. The fourth-order valence-corrected chi connectivity index (χ4v) is 3.58. The number of nitrogens with two attached hydrogens (primary N) is 1. The van der Waals surface area contributed by atoms with Crippen molar-refractivity contribution in [1.29, 1.82) is 0 Å². The predicted molar refractivity (Wildman–Crippen MR) is 111 cm³/mol. The number of aromatic nitrogens is 1. The van der Waals surface area contributed by atoms with Gasteiger partial charge in [-0.25, -0.2) is 0 Å². The molecule has 0 bridgehead atoms. The van der Waals surface area contributed by atoms with Gasteiger partial charge in [-0.2, -0.15) is 0 Å². The van der Waals surface area contributed by atoms with Crippen LogP contribution in [0.1, 0.15) is 52.0 Å². The van der Waals surface area contributed by atoms with Gasteiger partial charge in [-0.1, -0.05) is 76.2 Å². The zero-order valence-corrected chi connectivity index (χ0v) is 16.0. The minimum atomic E-state index is 0.643. The van der Waals surface area contributed by atoms with Crippen LogP contribution in [-0.2, 0) is 0 Å². The second kappa shape index (κ2) is 9.43. The van der Waals surface area contributed by atoms with Crippen molar-refractivity contribution in [2.24, 2.45) is 11.7 Å². The Balaban J connectivity index is 0.000000528. The van der Waals surface area contributed by atoms with Crippen LogP contribution in [0.3, 0.4) is 0 Å². The molecule has 2 heteroatoms. The van der Waals surface area contributed by atoms with E-state index >= 15 is 0 Å². The Labute approximate surface area is 152 Å². The molecule has 0 aliphatic heterocycles. The van der Waals surface area contributed by atoms with Crippen molar-refractivity contribution >= 4 is 10.9 Å². The first-order chi connectivity index (χ1) is 12.4. The first kappa shape index (κ1) is 19.3. The molecule has 1 saturated carbocycles. The molecule has 0 atom stereocenters. The van der Waals surface area contributed by atoms with Gasteiger partial charge in [-0.3, -0.25) is 0 Å². The lowest BCUT2D eigenvalue weighted by molar-refractivity contribution is 0.274. The van der Waals surface area contributed by atoms with Gasteiger partial charge >= 0.3 is 0 Å². The highest BCUT2D eigenvalue weighted by atomic mass is 14.7. The summed E-state index contributed by atoms with van der Waals surface area (Å²) in [5, 5.41) is 1.37. The van der Waals surface area contributed by atoms with Crippen LogP contribution in [0.5, 0.6) is 0 Å². The summed E-state index contributed by atoms with van der Waals surface area (Å²) in [6.45, 7) is 8.82. The number of aromatic amines is 1. The SMILES string of the molecule is CC.CC.NCC1CC(c2c(-c3ccccc3)[nH]c3ccccc23)C1. The van der Waals surface area contributed by atoms with Crippen molar-refractivity contribution in [3.05, 3.63) is 60.2 Å². The third-order valence-corrected chi connectivity index (χ3v) is 4.79. The highest BCUT2D eigenvalue weighted by molar-refractivity contribution is 5.91. The Kier molecular flexibility index (Phi) is 7.27. The molecule has 0 amide bonds. The average molecular weight is 337 g/mol. The minimum Gasteiger partial charge on any atom is -0.354 e. The molecule has 2 aromatic carbocycles. The lowest BCUT2D eigenvalue weighted by atomic mass is 9.70. The van der Waals surface area contributed by atoms with Crippen molar-refractivity contribution in [3.8, 4) is 11.3 Å². The Bertz CT molecular complexity index is 752. The van der Waals surface area contributed by atoms with E-state index in [2.05, 4.69) is 59.6 Å². The van der Waals surface area contributed by atoms with Crippen LogP contribution in [0.4, 0.5) is 0 Å². The number of H-pyrrole nitrogens is 1. The van der Waals surface area contributed by atoms with Gasteiger partial charge in [-0.15, -0.1) is 0 Å². The molecule has 25 heavy (non-hydrogen) atoms. The van der Waals surface area contributed by atoms with Crippen LogP contribution in [0.25, 0.3) is 22.2 Å². The second-order valence-electron chi connectivity index (χ2n) is 6.10. The van der Waals surface area contributed by atoms with Gasteiger partial charge < -0.3 is 10.7 Å². The summed E-state index contributed by atoms with van der Waals surface area (Å²) < 4.78 is 0. The Morgan fingerprint density at radius 1 is 0.880 bits per heavy atom. The van der Waals surface area contributed by atoms with Gasteiger partial charge in [0.25, 0.3) is 0 Å². The normalized spacial score (nSPS) is 18.4. The Morgan fingerprint density at radius 2 is 1.48 bits per heavy atom. The van der Waals surface area contributed by atoms with Crippen LogP contribution >= 0.6 is 0 Å². The van der Waals surface area contributed by atoms with Crippen LogP contribution in [0, 0.1) is 5.92 Å². The van der Waals surface area contributed by atoms with Gasteiger partial charge in [-0.05, 0) is 48.4 Å². The molecule has 3 N–H and O–H groups in total. The number of benzene rings is 2. The zero-order chi connectivity index (χ0) is 18.2. The Morgan fingerprint density at radius 3 is 2.12 bits per heavy atom. The average Bonchev–Trinajstić information content (AvgIpc) is 3.04. The summed E-state index contributed by atoms with van der Waals surface area (Å²) in [6, 6.07) is 19.3. The van der Waals surface area contributed by atoms with E-state index in [-0.39, 0.29) is 0 Å². The second-order valence-corrected chi connectivity index (χ2v) is 6.10. The molecule has 2 nitrogen and oxygen atoms in total. The maximum absolute atomic E-state index is 5.80. The van der Waals surface area contributed by atoms with Gasteiger partial charge in [0.15, 0.2) is 0 Å². The molecule has 1 aliphatic carbocycles. The fourth-order valence-electron chi connectivity index (χ4n) is 3.58. The summed E-state index contributed by atoms with van der Waals surface area (Å²) in [5.74, 6) is 1.34. The largest absolute Gasteiger partial charge is 0.354 e. The van der Waals surface area contributed by atoms with Crippen molar-refractivity contribution in [1.82, 2.24) is 4.98 Å². The molecule has 4 rings (SSSR count). The molecule has 3 aromatic rings. The predicted octanol–water partition coefficient (Wildman–Crippen LogP) is 6.34. The van der Waals surface area contributed by atoms with E-state index in [1.54, 1.807) is 0 Å². The third kappa shape index (κ3) is 3.96. The van der Waals surface area contributed by atoms with E-state index in [0.717, 1.165) is 6.54 Å². The summed E-state index contributed by atoms with van der Waals surface area (Å²) in [7, 11) is 0. The topological polar surface area (TPSA) is 41.8 Å². The maximum atomic E-state index is 5.80. The van der Waals surface area contributed by atoms with Gasteiger partial charge in [0.1, 0.15) is 0 Å². The summed E-state index contributed by atoms with van der Waals surface area (Å²) in [5.41, 5.74) is 11.1. The molecular formula is C23H32N2. The lowest BCUT2D eigenvalue weighted by Gasteiger charge is -2.35. The van der Waals surface area contributed by atoms with E-state index in [9.17, 15) is 0 Å². The maximum Gasteiger partial charge on any atom is 0.0500 e. The van der Waals surface area contributed by atoms with Crippen molar-refractivity contribution in [3.63, 3.8) is 0 Å². The van der Waals surface area contributed by atoms with E-state index < -0.39 is 0 Å². The third-order valence-electron chi connectivity index (χ3n) is 4.79. The van der Waals surface area contributed by atoms with Gasteiger partial charge in [0, 0.05) is 16.6 Å². The first-order valence-corrected chi connectivity index (χ1v) is 9.73. The van der Waals surface area contributed by atoms with E-state index in [1.165, 1.54) is 40.6 Å². The molecule has 1 aliphatic rings. The first-order valence-electron chi connectivity index (χ1n) is 9.73. The van der Waals surface area contributed by atoms with Crippen molar-refractivity contribution < 1.29 is 0 Å². The molecule has 0 unspecified atom stereocenters. The lowest BCUT2D eigenvalue weighted by Crippen LogP contribution is -2.28. The number of hydrogen-bond donors (Lipinski definition) is 2.